The first-order chi connectivity index (χ1) is 11.1. The first-order valence-corrected chi connectivity index (χ1v) is 9.10. The molecule has 1 N–H and O–H groups in total. The third-order valence-corrected chi connectivity index (χ3v) is 5.14. The zero-order valence-electron chi connectivity index (χ0n) is 14.7. The monoisotopic (exact) mass is 324 g/mol. The predicted octanol–water partition coefficient (Wildman–Crippen LogP) is 0.531. The van der Waals surface area contributed by atoms with Gasteiger partial charge in [0.15, 0.2) is 0 Å². The lowest BCUT2D eigenvalue weighted by molar-refractivity contribution is -0.138. The first-order valence-electron chi connectivity index (χ1n) is 9.10. The fourth-order valence-electron chi connectivity index (χ4n) is 3.43. The summed E-state index contributed by atoms with van der Waals surface area (Å²) in [6.07, 6.45) is 4.19. The highest BCUT2D eigenvalue weighted by molar-refractivity contribution is 5.87. The van der Waals surface area contributed by atoms with Crippen LogP contribution in [0.25, 0.3) is 0 Å². The largest absolute Gasteiger partial charge is 0.354 e. The Hall–Kier alpha value is -1.14. The quantitative estimate of drug-likeness (QED) is 0.724. The van der Waals surface area contributed by atoms with E-state index in [-0.39, 0.29) is 17.9 Å². The van der Waals surface area contributed by atoms with Gasteiger partial charge in [-0.3, -0.25) is 9.59 Å². The molecule has 0 aliphatic carbocycles. The maximum atomic E-state index is 12.3. The third-order valence-electron chi connectivity index (χ3n) is 5.14. The molecule has 0 aromatic rings. The van der Waals surface area contributed by atoms with Crippen LogP contribution in [-0.4, -0.2) is 85.4 Å². The third kappa shape index (κ3) is 5.46. The molecule has 2 saturated heterocycles. The highest BCUT2D eigenvalue weighted by Gasteiger charge is 2.28. The summed E-state index contributed by atoms with van der Waals surface area (Å²) >= 11 is 0. The molecular formula is C17H32N4O2. The van der Waals surface area contributed by atoms with E-state index in [1.807, 2.05) is 0 Å². The van der Waals surface area contributed by atoms with Crippen LogP contribution < -0.4 is 5.32 Å². The topological polar surface area (TPSA) is 55.9 Å². The molecule has 2 amide bonds. The van der Waals surface area contributed by atoms with Crippen LogP contribution in [-0.2, 0) is 9.59 Å². The Bertz CT molecular complexity index is 394. The molecule has 2 heterocycles. The summed E-state index contributed by atoms with van der Waals surface area (Å²) in [7, 11) is 1.76. The van der Waals surface area contributed by atoms with Gasteiger partial charge in [-0.25, -0.2) is 0 Å². The smallest absolute Gasteiger partial charge is 0.242 e. The van der Waals surface area contributed by atoms with Gasteiger partial charge in [-0.05, 0) is 32.4 Å². The Balaban J connectivity index is 1.63. The number of carbonyl (C=O) groups excluding carboxylic acids is 2. The van der Waals surface area contributed by atoms with Crippen LogP contribution in [0.15, 0.2) is 0 Å². The number of hydrogen-bond donors (Lipinski definition) is 1. The molecule has 6 heteroatoms. The molecule has 2 rings (SSSR count). The van der Waals surface area contributed by atoms with E-state index in [1.165, 1.54) is 0 Å². The van der Waals surface area contributed by atoms with Gasteiger partial charge < -0.3 is 20.0 Å². The summed E-state index contributed by atoms with van der Waals surface area (Å²) in [5.41, 5.74) is 0. The maximum absolute atomic E-state index is 12.3. The number of amides is 2. The molecule has 2 aliphatic heterocycles. The van der Waals surface area contributed by atoms with Gasteiger partial charge in [0, 0.05) is 46.2 Å². The van der Waals surface area contributed by atoms with Crippen LogP contribution in [0.1, 0.15) is 39.0 Å². The number of piperazine rings is 1. The second-order valence-corrected chi connectivity index (χ2v) is 6.69. The predicted molar refractivity (Wildman–Crippen MR) is 91.2 cm³/mol. The van der Waals surface area contributed by atoms with Gasteiger partial charge in [-0.15, -0.1) is 0 Å². The van der Waals surface area contributed by atoms with Crippen molar-refractivity contribution >= 4 is 11.8 Å². The Morgan fingerprint density at radius 1 is 1.17 bits per heavy atom. The number of likely N-dealkylation sites (tertiary alicyclic amines) is 1. The zero-order chi connectivity index (χ0) is 16.7. The first kappa shape index (κ1) is 18.2. The summed E-state index contributed by atoms with van der Waals surface area (Å²) in [5.74, 6) is 0.106. The Labute approximate surface area is 140 Å². The summed E-state index contributed by atoms with van der Waals surface area (Å²) in [6, 6.07) is -0.280. The molecule has 2 aliphatic rings. The van der Waals surface area contributed by atoms with Crippen molar-refractivity contribution in [2.75, 3.05) is 52.9 Å². The second kappa shape index (κ2) is 9.23. The average molecular weight is 324 g/mol. The number of hydrogen-bond acceptors (Lipinski definition) is 4. The normalized spacial score (nSPS) is 24.5. The standard InChI is InChI=1S/C17H32N4O2/c1-3-20-11-13-21(14-12-20)10-6-9-18-17(23)15-7-4-5-8-16(22)19(15)2/h15H,3-14H2,1-2H3,(H,18,23). The SMILES string of the molecule is CCN1CCN(CCCNC(=O)C2CCCCC(=O)N2C)CC1. The molecule has 0 spiro atoms. The van der Waals surface area contributed by atoms with Crippen LogP contribution in [0, 0.1) is 0 Å². The molecular weight excluding hydrogens is 292 g/mol. The van der Waals surface area contributed by atoms with E-state index >= 15 is 0 Å². The van der Waals surface area contributed by atoms with Gasteiger partial charge >= 0.3 is 0 Å². The van der Waals surface area contributed by atoms with Gasteiger partial charge in [0.25, 0.3) is 0 Å². The molecule has 0 bridgehead atoms. The summed E-state index contributed by atoms with van der Waals surface area (Å²) in [4.78, 5) is 30.7. The van der Waals surface area contributed by atoms with Crippen LogP contribution in [0.3, 0.4) is 0 Å². The van der Waals surface area contributed by atoms with Crippen molar-refractivity contribution in [3.8, 4) is 0 Å². The fourth-order valence-corrected chi connectivity index (χ4v) is 3.43. The summed E-state index contributed by atoms with van der Waals surface area (Å²) < 4.78 is 0. The van der Waals surface area contributed by atoms with E-state index < -0.39 is 0 Å². The number of nitrogens with one attached hydrogen (secondary N) is 1. The lowest BCUT2D eigenvalue weighted by Crippen LogP contribution is -2.48. The summed E-state index contributed by atoms with van der Waals surface area (Å²) in [6.45, 7) is 9.64. The van der Waals surface area contributed by atoms with Crippen molar-refractivity contribution in [2.45, 2.75) is 45.1 Å². The minimum Gasteiger partial charge on any atom is -0.354 e. The minimum absolute atomic E-state index is 0.0125. The van der Waals surface area contributed by atoms with Gasteiger partial charge in [0.2, 0.25) is 11.8 Å². The van der Waals surface area contributed by atoms with E-state index in [4.69, 9.17) is 0 Å². The van der Waals surface area contributed by atoms with E-state index in [0.29, 0.717) is 13.0 Å². The van der Waals surface area contributed by atoms with E-state index in [2.05, 4.69) is 22.0 Å². The fraction of sp³-hybridized carbons (Fsp3) is 0.882. The maximum Gasteiger partial charge on any atom is 0.242 e. The molecule has 132 valence electrons. The Kier molecular flexibility index (Phi) is 7.30. The number of rotatable bonds is 6. The lowest BCUT2D eigenvalue weighted by atomic mass is 10.1. The van der Waals surface area contributed by atoms with Crippen molar-refractivity contribution in [3.05, 3.63) is 0 Å². The van der Waals surface area contributed by atoms with Crippen molar-refractivity contribution in [3.63, 3.8) is 0 Å². The molecule has 1 unspecified atom stereocenters. The zero-order valence-corrected chi connectivity index (χ0v) is 14.7. The molecule has 0 aromatic heterocycles. The lowest BCUT2D eigenvalue weighted by Gasteiger charge is -2.34. The van der Waals surface area contributed by atoms with Gasteiger partial charge in [0.1, 0.15) is 6.04 Å². The van der Waals surface area contributed by atoms with Crippen LogP contribution in [0.2, 0.25) is 0 Å². The second-order valence-electron chi connectivity index (χ2n) is 6.69. The molecule has 0 aromatic carbocycles. The average Bonchev–Trinajstić information content (AvgIpc) is 2.74. The van der Waals surface area contributed by atoms with E-state index in [9.17, 15) is 9.59 Å². The highest BCUT2D eigenvalue weighted by atomic mass is 16.2. The number of likely N-dealkylation sites (N-methyl/N-ethyl adjacent to an activating group) is 2. The summed E-state index contributed by atoms with van der Waals surface area (Å²) in [5, 5.41) is 3.02. The van der Waals surface area contributed by atoms with Gasteiger partial charge in [-0.1, -0.05) is 13.3 Å². The molecule has 2 fully saturated rings. The van der Waals surface area contributed by atoms with Crippen molar-refractivity contribution in [2.24, 2.45) is 0 Å². The highest BCUT2D eigenvalue weighted by Crippen LogP contribution is 2.16. The number of carbonyl (C=O) groups is 2. The Morgan fingerprint density at radius 2 is 1.87 bits per heavy atom. The Morgan fingerprint density at radius 3 is 2.57 bits per heavy atom. The van der Waals surface area contributed by atoms with Crippen molar-refractivity contribution < 1.29 is 9.59 Å². The van der Waals surface area contributed by atoms with Gasteiger partial charge in [-0.2, -0.15) is 0 Å². The molecule has 0 saturated carbocycles. The molecule has 23 heavy (non-hydrogen) atoms. The van der Waals surface area contributed by atoms with Crippen LogP contribution in [0.5, 0.6) is 0 Å². The van der Waals surface area contributed by atoms with Gasteiger partial charge in [0.05, 0.1) is 0 Å². The molecule has 6 nitrogen and oxygen atoms in total. The number of nitrogens with zero attached hydrogens (tertiary/aromatic N) is 3. The molecule has 0 radical (unpaired) electrons. The van der Waals surface area contributed by atoms with E-state index in [1.54, 1.807) is 11.9 Å². The van der Waals surface area contributed by atoms with Crippen LogP contribution in [0.4, 0.5) is 0 Å². The van der Waals surface area contributed by atoms with E-state index in [0.717, 1.165) is 65.0 Å². The molecule has 1 atom stereocenters. The van der Waals surface area contributed by atoms with Crippen LogP contribution >= 0.6 is 0 Å². The van der Waals surface area contributed by atoms with Crippen molar-refractivity contribution in [1.82, 2.24) is 20.0 Å². The minimum atomic E-state index is -0.280. The van der Waals surface area contributed by atoms with Crippen molar-refractivity contribution in [1.29, 1.82) is 0 Å².